The smallest absolute Gasteiger partial charge is 0.330 e. The van der Waals surface area contributed by atoms with E-state index in [0.29, 0.717) is 5.92 Å². The van der Waals surface area contributed by atoms with Crippen LogP contribution in [0.3, 0.4) is 0 Å². The van der Waals surface area contributed by atoms with Crippen LogP contribution in [0.2, 0.25) is 0 Å². The minimum Gasteiger partial charge on any atom is -0.456 e. The quantitative estimate of drug-likeness (QED) is 0.549. The fourth-order valence-electron chi connectivity index (χ4n) is 3.97. The van der Waals surface area contributed by atoms with Gasteiger partial charge in [0.25, 0.3) is 0 Å². The number of hydrogen-bond donors (Lipinski definition) is 0. The molecule has 3 atom stereocenters. The molecule has 96 valence electrons. The maximum Gasteiger partial charge on any atom is 0.330 e. The highest BCUT2D eigenvalue weighted by Crippen LogP contribution is 2.49. The van der Waals surface area contributed by atoms with Gasteiger partial charge >= 0.3 is 5.97 Å². The first-order valence-electron chi connectivity index (χ1n) is 7.07. The predicted octanol–water partition coefficient (Wildman–Crippen LogP) is 3.85. The van der Waals surface area contributed by atoms with Gasteiger partial charge < -0.3 is 4.74 Å². The molecule has 2 fully saturated rings. The number of esters is 1. The average Bonchev–Trinajstić information content (AvgIpc) is 2.39. The van der Waals surface area contributed by atoms with Crippen LogP contribution in [0.5, 0.6) is 0 Å². The van der Waals surface area contributed by atoms with E-state index in [-0.39, 0.29) is 11.6 Å². The van der Waals surface area contributed by atoms with Gasteiger partial charge in [0.1, 0.15) is 5.60 Å². The van der Waals surface area contributed by atoms with Crippen molar-refractivity contribution in [3.05, 3.63) is 12.7 Å². The molecule has 0 aromatic heterocycles. The fourth-order valence-corrected chi connectivity index (χ4v) is 3.97. The van der Waals surface area contributed by atoms with Crippen molar-refractivity contribution in [1.82, 2.24) is 0 Å². The average molecular weight is 236 g/mol. The molecule has 2 aliphatic carbocycles. The maximum absolute atomic E-state index is 11.6. The first kappa shape index (κ1) is 12.7. The second-order valence-corrected chi connectivity index (χ2v) is 5.59. The standard InChI is InChI=1S/C15H24O2/c1-3-14(16)17-15(4-2)11-7-9-12-8-5-6-10-13(12)15/h3,12-13H,1,4-11H2,2H3. The molecule has 2 aliphatic rings. The fraction of sp³-hybridized carbons (Fsp3) is 0.800. The molecule has 0 spiro atoms. The lowest BCUT2D eigenvalue weighted by atomic mass is 9.62. The molecule has 2 rings (SSSR count). The summed E-state index contributed by atoms with van der Waals surface area (Å²) < 4.78 is 5.79. The highest BCUT2D eigenvalue weighted by atomic mass is 16.6. The van der Waals surface area contributed by atoms with Crippen molar-refractivity contribution in [3.63, 3.8) is 0 Å². The third-order valence-corrected chi connectivity index (χ3v) is 4.83. The van der Waals surface area contributed by atoms with E-state index in [1.807, 2.05) is 0 Å². The Morgan fingerprint density at radius 1 is 1.35 bits per heavy atom. The van der Waals surface area contributed by atoms with Crippen molar-refractivity contribution in [1.29, 1.82) is 0 Å². The Kier molecular flexibility index (Phi) is 3.90. The minimum absolute atomic E-state index is 0.186. The Labute approximate surface area is 104 Å². The largest absolute Gasteiger partial charge is 0.456 e. The van der Waals surface area contributed by atoms with Gasteiger partial charge in [0.2, 0.25) is 0 Å². The summed E-state index contributed by atoms with van der Waals surface area (Å²) in [4.78, 5) is 11.6. The topological polar surface area (TPSA) is 26.3 Å². The van der Waals surface area contributed by atoms with Crippen LogP contribution in [0.25, 0.3) is 0 Å². The molecular formula is C15H24O2. The molecule has 17 heavy (non-hydrogen) atoms. The number of ether oxygens (including phenoxy) is 1. The molecule has 0 saturated heterocycles. The van der Waals surface area contributed by atoms with Crippen LogP contribution < -0.4 is 0 Å². The van der Waals surface area contributed by atoms with Crippen LogP contribution in [-0.4, -0.2) is 11.6 Å². The van der Waals surface area contributed by atoms with Gasteiger partial charge in [-0.1, -0.05) is 32.8 Å². The van der Waals surface area contributed by atoms with Crippen LogP contribution in [0.4, 0.5) is 0 Å². The minimum atomic E-state index is -0.238. The van der Waals surface area contributed by atoms with Gasteiger partial charge in [-0.05, 0) is 38.0 Å². The van der Waals surface area contributed by atoms with Gasteiger partial charge in [-0.15, -0.1) is 0 Å². The van der Waals surface area contributed by atoms with Crippen molar-refractivity contribution in [2.75, 3.05) is 0 Å². The molecule has 0 aliphatic heterocycles. The van der Waals surface area contributed by atoms with Crippen molar-refractivity contribution in [2.24, 2.45) is 11.8 Å². The predicted molar refractivity (Wildman–Crippen MR) is 68.6 cm³/mol. The number of fused-ring (bicyclic) bond motifs is 1. The van der Waals surface area contributed by atoms with E-state index in [9.17, 15) is 4.79 Å². The highest BCUT2D eigenvalue weighted by molar-refractivity contribution is 5.81. The summed E-state index contributed by atoms with van der Waals surface area (Å²) >= 11 is 0. The number of hydrogen-bond acceptors (Lipinski definition) is 2. The van der Waals surface area contributed by atoms with Gasteiger partial charge in [0.15, 0.2) is 0 Å². The molecule has 2 saturated carbocycles. The molecular weight excluding hydrogens is 212 g/mol. The lowest BCUT2D eigenvalue weighted by Crippen LogP contribution is -2.49. The molecule has 0 N–H and O–H groups in total. The molecule has 0 amide bonds. The zero-order valence-electron chi connectivity index (χ0n) is 10.9. The molecule has 0 radical (unpaired) electrons. The van der Waals surface area contributed by atoms with Crippen molar-refractivity contribution in [3.8, 4) is 0 Å². The third-order valence-electron chi connectivity index (χ3n) is 4.83. The van der Waals surface area contributed by atoms with E-state index < -0.39 is 0 Å². The SMILES string of the molecule is C=CC(=O)OC1(CC)CCCC2CCCCC21. The number of carbonyl (C=O) groups is 1. The Bertz CT molecular complexity index is 295. The van der Waals surface area contributed by atoms with Gasteiger partial charge in [0, 0.05) is 12.0 Å². The molecule has 0 bridgehead atoms. The van der Waals surface area contributed by atoms with E-state index in [0.717, 1.165) is 18.8 Å². The Morgan fingerprint density at radius 3 is 2.76 bits per heavy atom. The summed E-state index contributed by atoms with van der Waals surface area (Å²) in [5, 5.41) is 0. The van der Waals surface area contributed by atoms with Crippen molar-refractivity contribution < 1.29 is 9.53 Å². The van der Waals surface area contributed by atoms with E-state index in [2.05, 4.69) is 13.5 Å². The van der Waals surface area contributed by atoms with Crippen LogP contribution in [0.15, 0.2) is 12.7 Å². The van der Waals surface area contributed by atoms with E-state index in [1.165, 1.54) is 44.6 Å². The highest BCUT2D eigenvalue weighted by Gasteiger charge is 2.47. The zero-order valence-corrected chi connectivity index (χ0v) is 10.9. The molecule has 2 heteroatoms. The van der Waals surface area contributed by atoms with E-state index >= 15 is 0 Å². The molecule has 2 nitrogen and oxygen atoms in total. The number of carbonyl (C=O) groups excluding carboxylic acids is 1. The monoisotopic (exact) mass is 236 g/mol. The first-order valence-corrected chi connectivity index (χ1v) is 7.07. The lowest BCUT2D eigenvalue weighted by molar-refractivity contribution is -0.172. The van der Waals surface area contributed by atoms with Gasteiger partial charge in [0.05, 0.1) is 0 Å². The van der Waals surface area contributed by atoms with E-state index in [1.54, 1.807) is 0 Å². The molecule has 0 aromatic rings. The Hall–Kier alpha value is -0.790. The molecule has 3 unspecified atom stereocenters. The second kappa shape index (κ2) is 5.24. The van der Waals surface area contributed by atoms with Crippen LogP contribution >= 0.6 is 0 Å². The maximum atomic E-state index is 11.6. The third kappa shape index (κ3) is 2.41. The van der Waals surface area contributed by atoms with Crippen molar-refractivity contribution in [2.45, 2.75) is 63.9 Å². The summed E-state index contributed by atoms with van der Waals surface area (Å²) in [6.07, 6.45) is 11.1. The van der Waals surface area contributed by atoms with Crippen LogP contribution in [0.1, 0.15) is 58.3 Å². The normalized spacial score (nSPS) is 37.0. The van der Waals surface area contributed by atoms with Gasteiger partial charge in [-0.2, -0.15) is 0 Å². The van der Waals surface area contributed by atoms with Crippen LogP contribution in [-0.2, 0) is 9.53 Å². The molecule has 0 heterocycles. The Balaban J connectivity index is 2.17. The van der Waals surface area contributed by atoms with E-state index in [4.69, 9.17) is 4.74 Å². The number of rotatable bonds is 3. The first-order chi connectivity index (χ1) is 8.22. The summed E-state index contributed by atoms with van der Waals surface area (Å²) in [6.45, 7) is 5.68. The van der Waals surface area contributed by atoms with Crippen molar-refractivity contribution >= 4 is 5.97 Å². The second-order valence-electron chi connectivity index (χ2n) is 5.59. The summed E-state index contributed by atoms with van der Waals surface area (Å²) in [5.41, 5.74) is -0.186. The summed E-state index contributed by atoms with van der Waals surface area (Å²) in [7, 11) is 0. The van der Waals surface area contributed by atoms with Gasteiger partial charge in [-0.3, -0.25) is 0 Å². The summed E-state index contributed by atoms with van der Waals surface area (Å²) in [6, 6.07) is 0. The molecule has 0 aromatic carbocycles. The summed E-state index contributed by atoms with van der Waals surface area (Å²) in [5.74, 6) is 1.15. The van der Waals surface area contributed by atoms with Gasteiger partial charge in [-0.25, -0.2) is 4.79 Å². The zero-order chi connectivity index (χ0) is 12.3. The van der Waals surface area contributed by atoms with Crippen LogP contribution in [0, 0.1) is 11.8 Å². The lowest BCUT2D eigenvalue weighted by Gasteiger charge is -2.49. The Morgan fingerprint density at radius 2 is 2.06 bits per heavy atom.